The number of nitrogens with zero attached hydrogens (tertiary/aromatic N) is 1. The Hall–Kier alpha value is -1.60. The highest BCUT2D eigenvalue weighted by Crippen LogP contribution is 2.35. The van der Waals surface area contributed by atoms with Gasteiger partial charge in [0.05, 0.1) is 18.1 Å². The van der Waals surface area contributed by atoms with Crippen LogP contribution < -0.4 is 10.5 Å². The van der Waals surface area contributed by atoms with Gasteiger partial charge in [-0.25, -0.2) is 0 Å². The lowest BCUT2D eigenvalue weighted by atomic mass is 10.3. The van der Waals surface area contributed by atoms with Crippen molar-refractivity contribution in [3.05, 3.63) is 18.5 Å². The van der Waals surface area contributed by atoms with Crippen LogP contribution in [0.25, 0.3) is 0 Å². The molecule has 0 aromatic carbocycles. The molecule has 0 saturated carbocycles. The molecular formula is C8H7F5N2O. The highest BCUT2D eigenvalue weighted by molar-refractivity contribution is 5.39. The SMILES string of the molecule is Nc1cncc(OCC(F)(F)C(F)(F)F)c1. The molecule has 0 spiro atoms. The summed E-state index contributed by atoms with van der Waals surface area (Å²) in [5.74, 6) is -5.15. The quantitative estimate of drug-likeness (QED) is 0.827. The van der Waals surface area contributed by atoms with Crippen molar-refractivity contribution in [3.63, 3.8) is 0 Å². The first-order valence-corrected chi connectivity index (χ1v) is 4.00. The van der Waals surface area contributed by atoms with Gasteiger partial charge >= 0.3 is 12.1 Å². The molecule has 1 aromatic heterocycles. The maximum absolute atomic E-state index is 12.4. The number of nitrogens with two attached hydrogens (primary N) is 1. The zero-order chi connectivity index (χ0) is 12.4. The van der Waals surface area contributed by atoms with Crippen molar-refractivity contribution < 1.29 is 26.7 Å². The van der Waals surface area contributed by atoms with Gasteiger partial charge in [-0.2, -0.15) is 22.0 Å². The molecule has 0 radical (unpaired) electrons. The summed E-state index contributed by atoms with van der Waals surface area (Å²) in [7, 11) is 0. The number of hydrogen-bond acceptors (Lipinski definition) is 3. The molecule has 1 heterocycles. The summed E-state index contributed by atoms with van der Waals surface area (Å²) in [6.45, 7) is -1.80. The summed E-state index contributed by atoms with van der Waals surface area (Å²) in [4.78, 5) is 3.47. The molecule has 0 bridgehead atoms. The molecule has 1 aromatic rings. The van der Waals surface area contributed by atoms with E-state index >= 15 is 0 Å². The van der Waals surface area contributed by atoms with E-state index in [1.54, 1.807) is 0 Å². The number of aromatic nitrogens is 1. The average Bonchev–Trinajstić information content (AvgIpc) is 2.13. The van der Waals surface area contributed by atoms with E-state index < -0.39 is 18.7 Å². The molecule has 0 fully saturated rings. The Morgan fingerprint density at radius 1 is 1.19 bits per heavy atom. The topological polar surface area (TPSA) is 48.1 Å². The van der Waals surface area contributed by atoms with Crippen LogP contribution in [-0.2, 0) is 0 Å². The van der Waals surface area contributed by atoms with Gasteiger partial charge in [0.15, 0.2) is 6.61 Å². The van der Waals surface area contributed by atoms with E-state index in [0.717, 1.165) is 12.3 Å². The fourth-order valence-electron chi connectivity index (χ4n) is 0.770. The molecular weight excluding hydrogens is 235 g/mol. The van der Waals surface area contributed by atoms with Crippen LogP contribution in [0.1, 0.15) is 0 Å². The van der Waals surface area contributed by atoms with Crippen molar-refractivity contribution in [2.24, 2.45) is 0 Å². The Kier molecular flexibility index (Phi) is 3.20. The maximum Gasteiger partial charge on any atom is 0.456 e. The minimum atomic E-state index is -5.64. The zero-order valence-corrected chi connectivity index (χ0v) is 7.76. The number of hydrogen-bond donors (Lipinski definition) is 1. The summed E-state index contributed by atoms with van der Waals surface area (Å²) < 4.78 is 64.3. The highest BCUT2D eigenvalue weighted by atomic mass is 19.4. The maximum atomic E-state index is 12.4. The summed E-state index contributed by atoms with van der Waals surface area (Å²) >= 11 is 0. The monoisotopic (exact) mass is 242 g/mol. The number of alkyl halides is 5. The molecule has 8 heteroatoms. The van der Waals surface area contributed by atoms with Gasteiger partial charge in [-0.15, -0.1) is 0 Å². The Morgan fingerprint density at radius 3 is 2.31 bits per heavy atom. The van der Waals surface area contributed by atoms with Gasteiger partial charge in [0.2, 0.25) is 0 Å². The minimum Gasteiger partial charge on any atom is -0.485 e. The first-order valence-electron chi connectivity index (χ1n) is 4.00. The molecule has 0 unspecified atom stereocenters. The van der Waals surface area contributed by atoms with E-state index in [-0.39, 0.29) is 11.4 Å². The summed E-state index contributed by atoms with van der Waals surface area (Å²) in [5, 5.41) is 0. The summed E-state index contributed by atoms with van der Waals surface area (Å²) in [6, 6.07) is 1.10. The van der Waals surface area contributed by atoms with Crippen molar-refractivity contribution in [3.8, 4) is 5.75 Å². The number of rotatable bonds is 3. The largest absolute Gasteiger partial charge is 0.485 e. The van der Waals surface area contributed by atoms with Gasteiger partial charge in [0.1, 0.15) is 5.75 Å². The number of ether oxygens (including phenoxy) is 1. The van der Waals surface area contributed by atoms with E-state index in [2.05, 4.69) is 9.72 Å². The van der Waals surface area contributed by atoms with Crippen molar-refractivity contribution in [1.82, 2.24) is 4.98 Å². The molecule has 0 amide bonds. The van der Waals surface area contributed by atoms with Crippen LogP contribution in [0.2, 0.25) is 0 Å². The third-order valence-electron chi connectivity index (χ3n) is 1.57. The molecule has 3 nitrogen and oxygen atoms in total. The smallest absolute Gasteiger partial charge is 0.456 e. The lowest BCUT2D eigenvalue weighted by molar-refractivity contribution is -0.290. The molecule has 0 aliphatic heterocycles. The number of pyridine rings is 1. The Labute approximate surface area is 87.0 Å². The van der Waals surface area contributed by atoms with Crippen LogP contribution in [0.15, 0.2) is 18.5 Å². The third kappa shape index (κ3) is 2.94. The second kappa shape index (κ2) is 4.11. The summed E-state index contributed by atoms with van der Waals surface area (Å²) in [5.41, 5.74) is 5.34. The van der Waals surface area contributed by atoms with Crippen molar-refractivity contribution >= 4 is 5.69 Å². The Morgan fingerprint density at radius 2 is 1.81 bits per heavy atom. The number of halogens is 5. The molecule has 0 atom stereocenters. The Balaban J connectivity index is 2.65. The molecule has 0 aliphatic rings. The van der Waals surface area contributed by atoms with Crippen molar-refractivity contribution in [1.29, 1.82) is 0 Å². The van der Waals surface area contributed by atoms with Crippen molar-refractivity contribution in [2.45, 2.75) is 12.1 Å². The van der Waals surface area contributed by atoms with Gasteiger partial charge in [-0.1, -0.05) is 0 Å². The first kappa shape index (κ1) is 12.5. The van der Waals surface area contributed by atoms with E-state index in [1.165, 1.54) is 6.20 Å². The predicted octanol–water partition coefficient (Wildman–Crippen LogP) is 2.24. The predicted molar refractivity (Wildman–Crippen MR) is 45.1 cm³/mol. The lowest BCUT2D eigenvalue weighted by Gasteiger charge is -2.19. The van der Waals surface area contributed by atoms with Crippen LogP contribution in [-0.4, -0.2) is 23.7 Å². The molecule has 2 N–H and O–H groups in total. The van der Waals surface area contributed by atoms with Crippen molar-refractivity contribution in [2.75, 3.05) is 12.3 Å². The number of nitrogen functional groups attached to an aromatic ring is 1. The highest BCUT2D eigenvalue weighted by Gasteiger charge is 2.58. The van der Waals surface area contributed by atoms with Gasteiger partial charge in [-0.3, -0.25) is 4.98 Å². The van der Waals surface area contributed by atoms with Gasteiger partial charge in [0.25, 0.3) is 0 Å². The van der Waals surface area contributed by atoms with E-state index in [1.807, 2.05) is 0 Å². The van der Waals surface area contributed by atoms with Crippen LogP contribution in [0, 0.1) is 0 Å². The van der Waals surface area contributed by atoms with Gasteiger partial charge < -0.3 is 10.5 Å². The number of anilines is 1. The molecule has 90 valence electrons. The van der Waals surface area contributed by atoms with Crippen LogP contribution in [0.3, 0.4) is 0 Å². The second-order valence-electron chi connectivity index (χ2n) is 2.94. The van der Waals surface area contributed by atoms with E-state index in [9.17, 15) is 22.0 Å². The zero-order valence-electron chi connectivity index (χ0n) is 7.76. The molecule has 0 saturated heterocycles. The van der Waals surface area contributed by atoms with Gasteiger partial charge in [-0.05, 0) is 0 Å². The van der Waals surface area contributed by atoms with Crippen LogP contribution >= 0.6 is 0 Å². The van der Waals surface area contributed by atoms with Crippen LogP contribution in [0.4, 0.5) is 27.6 Å². The standard InChI is InChI=1S/C8H7F5N2O/c9-7(10,8(11,12)13)4-16-6-1-5(14)2-15-3-6/h1-3H,4,14H2. The van der Waals surface area contributed by atoms with E-state index in [4.69, 9.17) is 5.73 Å². The van der Waals surface area contributed by atoms with E-state index in [0.29, 0.717) is 0 Å². The molecule has 16 heavy (non-hydrogen) atoms. The fourth-order valence-corrected chi connectivity index (χ4v) is 0.770. The fraction of sp³-hybridized carbons (Fsp3) is 0.375. The molecule has 1 rings (SSSR count). The normalized spacial score (nSPS) is 12.6. The minimum absolute atomic E-state index is 0.104. The lowest BCUT2D eigenvalue weighted by Crippen LogP contribution is -2.41. The Bertz CT molecular complexity index is 366. The third-order valence-corrected chi connectivity index (χ3v) is 1.57. The second-order valence-corrected chi connectivity index (χ2v) is 2.94. The first-order chi connectivity index (χ1) is 7.22. The van der Waals surface area contributed by atoms with Crippen LogP contribution in [0.5, 0.6) is 5.75 Å². The average molecular weight is 242 g/mol. The van der Waals surface area contributed by atoms with Gasteiger partial charge in [0, 0.05) is 6.07 Å². The summed E-state index contributed by atoms with van der Waals surface area (Å²) in [6.07, 6.45) is -3.45. The molecule has 0 aliphatic carbocycles.